The van der Waals surface area contributed by atoms with Crippen LogP contribution in [0.25, 0.3) is 0 Å². The molecule has 0 aromatic carbocycles. The molecule has 4 heterocycles. The average Bonchev–Trinajstić information content (AvgIpc) is 3.43. The van der Waals surface area contributed by atoms with Crippen molar-refractivity contribution < 1.29 is 28.5 Å². The van der Waals surface area contributed by atoms with E-state index in [0.717, 1.165) is 21.5 Å². The maximum atomic E-state index is 13.1. The van der Waals surface area contributed by atoms with Gasteiger partial charge in [0.05, 0.1) is 25.6 Å². The van der Waals surface area contributed by atoms with Crippen LogP contribution < -0.4 is 22.8 Å². The first kappa shape index (κ1) is 24.4. The van der Waals surface area contributed by atoms with E-state index in [1.165, 1.54) is 23.5 Å². The van der Waals surface area contributed by atoms with Gasteiger partial charge in [-0.05, 0) is 0 Å². The minimum atomic E-state index is -0.763. The first-order chi connectivity index (χ1) is 15.2. The van der Waals surface area contributed by atoms with Crippen LogP contribution in [0.4, 0.5) is 20.4 Å². The van der Waals surface area contributed by atoms with E-state index in [9.17, 15) is 18.4 Å². The van der Waals surface area contributed by atoms with Crippen molar-refractivity contribution in [2.45, 2.75) is 23.3 Å². The molecular weight excluding hydrogens is 474 g/mol. The zero-order valence-electron chi connectivity index (χ0n) is 16.3. The SMILES string of the molecule is Nc1nc(=O)n([C@@H]2CS[C@H](CO)O2)cc1F.Nc1nc(=O)n([C@@H]2CS[C@H](CO)O2)cc1F. The molecule has 2 aromatic heterocycles. The van der Waals surface area contributed by atoms with Crippen LogP contribution >= 0.6 is 23.5 Å². The Morgan fingerprint density at radius 2 is 1.28 bits per heavy atom. The van der Waals surface area contributed by atoms with Gasteiger partial charge >= 0.3 is 11.4 Å². The number of nitrogens with two attached hydrogens (primary N) is 2. The average molecular weight is 495 g/mol. The summed E-state index contributed by atoms with van der Waals surface area (Å²) in [6.45, 7) is -0.304. The number of anilines is 2. The summed E-state index contributed by atoms with van der Waals surface area (Å²) in [6.07, 6.45) is 0.708. The summed E-state index contributed by atoms with van der Waals surface area (Å²) in [5.41, 5.74) is 8.20. The lowest BCUT2D eigenvalue weighted by molar-refractivity contribution is -0.00681. The Morgan fingerprint density at radius 1 is 0.906 bits per heavy atom. The fourth-order valence-corrected chi connectivity index (χ4v) is 4.56. The molecule has 176 valence electrons. The van der Waals surface area contributed by atoms with Crippen molar-refractivity contribution in [2.75, 3.05) is 36.2 Å². The Hall–Kier alpha value is -2.24. The van der Waals surface area contributed by atoms with Gasteiger partial charge in [0.2, 0.25) is 0 Å². The van der Waals surface area contributed by atoms with E-state index in [1.807, 2.05) is 0 Å². The Bertz CT molecular complexity index is 989. The van der Waals surface area contributed by atoms with Crippen molar-refractivity contribution >= 4 is 35.2 Å². The van der Waals surface area contributed by atoms with Crippen LogP contribution in [-0.2, 0) is 9.47 Å². The van der Waals surface area contributed by atoms with E-state index in [0.29, 0.717) is 11.5 Å². The molecule has 2 aliphatic rings. The Kier molecular flexibility index (Phi) is 8.07. The molecule has 6 N–H and O–H groups in total. The van der Waals surface area contributed by atoms with Crippen molar-refractivity contribution in [1.29, 1.82) is 0 Å². The van der Waals surface area contributed by atoms with Gasteiger partial charge in [-0.1, -0.05) is 0 Å². The number of hydrogen-bond acceptors (Lipinski definition) is 12. The van der Waals surface area contributed by atoms with Gasteiger partial charge in [0, 0.05) is 11.5 Å². The lowest BCUT2D eigenvalue weighted by atomic mass is 10.5. The minimum Gasteiger partial charge on any atom is -0.393 e. The van der Waals surface area contributed by atoms with Gasteiger partial charge in [-0.25, -0.2) is 18.4 Å². The second-order valence-corrected chi connectivity index (χ2v) is 8.79. The fourth-order valence-electron chi connectivity index (χ4n) is 2.70. The third-order valence-electron chi connectivity index (χ3n) is 4.25. The summed E-state index contributed by atoms with van der Waals surface area (Å²) in [4.78, 5) is 29.5. The van der Waals surface area contributed by atoms with Gasteiger partial charge in [-0.3, -0.25) is 9.13 Å². The molecule has 0 amide bonds. The standard InChI is InChI=1S/2C8H10FN3O3S/c2*9-4-1-12(8(14)11-7(4)10)5-3-16-6(2-13)15-5/h2*1,5-6,13H,2-3H2,(H2,10,11,14)/t2*5-,6+/m00/s1. The molecule has 32 heavy (non-hydrogen) atoms. The molecule has 2 fully saturated rings. The van der Waals surface area contributed by atoms with Crippen LogP contribution in [0.5, 0.6) is 0 Å². The van der Waals surface area contributed by atoms with Gasteiger partial charge in [0.15, 0.2) is 23.3 Å². The van der Waals surface area contributed by atoms with Crippen LogP contribution in [0.1, 0.15) is 12.5 Å². The molecule has 0 saturated carbocycles. The van der Waals surface area contributed by atoms with Crippen molar-refractivity contribution in [3.8, 4) is 0 Å². The monoisotopic (exact) mass is 494 g/mol. The lowest BCUT2D eigenvalue weighted by Gasteiger charge is -2.13. The van der Waals surface area contributed by atoms with Gasteiger partial charge in [0.1, 0.15) is 23.3 Å². The lowest BCUT2D eigenvalue weighted by Crippen LogP contribution is -2.29. The van der Waals surface area contributed by atoms with Crippen molar-refractivity contribution in [1.82, 2.24) is 19.1 Å². The van der Waals surface area contributed by atoms with E-state index in [1.54, 1.807) is 0 Å². The van der Waals surface area contributed by atoms with E-state index in [4.69, 9.17) is 31.2 Å². The molecule has 0 spiro atoms. The molecule has 0 aliphatic carbocycles. The Balaban J connectivity index is 0.000000181. The topological polar surface area (TPSA) is 181 Å². The molecule has 4 atom stereocenters. The number of halogens is 2. The highest BCUT2D eigenvalue weighted by molar-refractivity contribution is 8.00. The summed E-state index contributed by atoms with van der Waals surface area (Å²) < 4.78 is 38.9. The van der Waals surface area contributed by atoms with Crippen LogP contribution in [0.15, 0.2) is 22.0 Å². The normalized spacial score (nSPS) is 24.9. The fraction of sp³-hybridized carbons (Fsp3) is 0.500. The first-order valence-electron chi connectivity index (χ1n) is 9.07. The minimum absolute atomic E-state index is 0.152. The molecule has 4 rings (SSSR count). The molecule has 0 bridgehead atoms. The van der Waals surface area contributed by atoms with Gasteiger partial charge in [0.25, 0.3) is 0 Å². The highest BCUT2D eigenvalue weighted by Crippen LogP contribution is 2.31. The number of thioether (sulfide) groups is 2. The molecule has 0 radical (unpaired) electrons. The Labute approximate surface area is 187 Å². The quantitative estimate of drug-likeness (QED) is 0.411. The second kappa shape index (κ2) is 10.6. The zero-order valence-corrected chi connectivity index (χ0v) is 18.0. The highest BCUT2D eigenvalue weighted by atomic mass is 32.2. The van der Waals surface area contributed by atoms with E-state index in [2.05, 4.69) is 9.97 Å². The number of nitrogen functional groups attached to an aromatic ring is 2. The summed E-state index contributed by atoms with van der Waals surface area (Å²) in [5, 5.41) is 17.7. The predicted octanol–water partition coefficient (Wildman–Crippen LogP) is -0.910. The number of aromatic nitrogens is 4. The summed E-state index contributed by atoms with van der Waals surface area (Å²) in [5.74, 6) is -1.47. The number of rotatable bonds is 4. The molecule has 2 aromatic rings. The van der Waals surface area contributed by atoms with E-state index < -0.39 is 58.0 Å². The van der Waals surface area contributed by atoms with Crippen LogP contribution in [0, 0.1) is 11.6 Å². The van der Waals surface area contributed by atoms with Gasteiger partial charge < -0.3 is 31.2 Å². The number of hydrogen-bond donors (Lipinski definition) is 4. The number of aliphatic hydroxyl groups is 2. The zero-order chi connectivity index (χ0) is 23.4. The molecule has 0 unspecified atom stereocenters. The predicted molar refractivity (Wildman–Crippen MR) is 113 cm³/mol. The van der Waals surface area contributed by atoms with Crippen LogP contribution in [0.2, 0.25) is 0 Å². The van der Waals surface area contributed by atoms with E-state index >= 15 is 0 Å². The van der Waals surface area contributed by atoms with Crippen LogP contribution in [0.3, 0.4) is 0 Å². The molecule has 2 saturated heterocycles. The number of aliphatic hydroxyl groups excluding tert-OH is 2. The van der Waals surface area contributed by atoms with Gasteiger partial charge in [-0.15, -0.1) is 23.5 Å². The van der Waals surface area contributed by atoms with E-state index in [-0.39, 0.29) is 13.2 Å². The van der Waals surface area contributed by atoms with Crippen molar-refractivity contribution in [2.24, 2.45) is 0 Å². The Morgan fingerprint density at radius 3 is 1.59 bits per heavy atom. The maximum Gasteiger partial charge on any atom is 0.351 e. The molecule has 16 heteroatoms. The largest absolute Gasteiger partial charge is 0.393 e. The van der Waals surface area contributed by atoms with Crippen LogP contribution in [-0.4, -0.2) is 64.9 Å². The van der Waals surface area contributed by atoms with Crippen molar-refractivity contribution in [3.63, 3.8) is 0 Å². The molecular formula is C16H20F2N6O6S2. The highest BCUT2D eigenvalue weighted by Gasteiger charge is 2.29. The first-order valence-corrected chi connectivity index (χ1v) is 11.2. The maximum absolute atomic E-state index is 13.1. The summed E-state index contributed by atoms with van der Waals surface area (Å²) in [6, 6.07) is 0. The third-order valence-corrected chi connectivity index (χ3v) is 6.47. The van der Waals surface area contributed by atoms with Crippen molar-refractivity contribution in [3.05, 3.63) is 45.0 Å². The molecule has 12 nitrogen and oxygen atoms in total. The number of ether oxygens (including phenoxy) is 2. The molecule has 2 aliphatic heterocycles. The third kappa shape index (κ3) is 5.57. The summed E-state index contributed by atoms with van der Waals surface area (Å²) in [7, 11) is 0. The van der Waals surface area contributed by atoms with Gasteiger partial charge in [-0.2, -0.15) is 9.97 Å². The second-order valence-electron chi connectivity index (χ2n) is 6.40. The smallest absolute Gasteiger partial charge is 0.351 e. The summed E-state index contributed by atoms with van der Waals surface area (Å²) >= 11 is 2.70. The number of nitrogens with zero attached hydrogens (tertiary/aromatic N) is 4.